The van der Waals surface area contributed by atoms with Gasteiger partial charge in [-0.25, -0.2) is 0 Å². The van der Waals surface area contributed by atoms with Gasteiger partial charge in [-0.3, -0.25) is 14.4 Å². The van der Waals surface area contributed by atoms with Crippen molar-refractivity contribution in [1.29, 1.82) is 0 Å². The van der Waals surface area contributed by atoms with Crippen molar-refractivity contribution in [1.82, 2.24) is 36.6 Å². The highest BCUT2D eigenvalue weighted by molar-refractivity contribution is 5.98. The van der Waals surface area contributed by atoms with Gasteiger partial charge in [-0.15, -0.1) is 10.2 Å². The Morgan fingerprint density at radius 2 is 1.71 bits per heavy atom. The van der Waals surface area contributed by atoms with Crippen LogP contribution in [0.5, 0.6) is 0 Å². The summed E-state index contributed by atoms with van der Waals surface area (Å²) < 4.78 is 0. The Balaban J connectivity index is 1.06. The van der Waals surface area contributed by atoms with E-state index in [1.165, 1.54) is 0 Å². The summed E-state index contributed by atoms with van der Waals surface area (Å²) >= 11 is 0. The van der Waals surface area contributed by atoms with Crippen molar-refractivity contribution in [2.24, 2.45) is 29.4 Å². The van der Waals surface area contributed by atoms with E-state index >= 15 is 0 Å². The van der Waals surface area contributed by atoms with E-state index in [2.05, 4.69) is 48.0 Å². The molecule has 1 saturated heterocycles. The number of amides is 3. The normalized spacial score (nSPS) is 23.3. The summed E-state index contributed by atoms with van der Waals surface area (Å²) in [6.45, 7) is 4.59. The lowest BCUT2D eigenvalue weighted by atomic mass is 9.81. The predicted molar refractivity (Wildman–Crippen MR) is 186 cm³/mol. The first-order chi connectivity index (χ1) is 23.9. The smallest absolute Gasteiger partial charge is 0.251 e. The van der Waals surface area contributed by atoms with Gasteiger partial charge in [0.2, 0.25) is 17.6 Å². The molecule has 12 nitrogen and oxygen atoms in total. The van der Waals surface area contributed by atoms with E-state index in [9.17, 15) is 14.4 Å². The van der Waals surface area contributed by atoms with Crippen molar-refractivity contribution in [2.45, 2.75) is 51.1 Å². The lowest BCUT2D eigenvalue weighted by Gasteiger charge is -2.28. The van der Waals surface area contributed by atoms with Gasteiger partial charge in [-0.05, 0) is 121 Å². The first-order valence-electron chi connectivity index (χ1n) is 17.2. The number of carbonyl (C=O) groups is 3. The van der Waals surface area contributed by atoms with Crippen LogP contribution in [0.2, 0.25) is 0 Å². The number of benzene rings is 3. The van der Waals surface area contributed by atoms with E-state index in [0.29, 0.717) is 47.8 Å². The van der Waals surface area contributed by atoms with Crippen LogP contribution < -0.4 is 27.0 Å². The number of rotatable bonds is 11. The van der Waals surface area contributed by atoms with Gasteiger partial charge in [0.15, 0.2) is 0 Å². The largest absolute Gasteiger partial charge is 0.349 e. The number of aromatic amines is 1. The molecule has 0 spiro atoms. The van der Waals surface area contributed by atoms with Crippen molar-refractivity contribution in [3.05, 3.63) is 83.4 Å². The second kappa shape index (κ2) is 14.3. The molecule has 4 aromatic rings. The highest BCUT2D eigenvalue weighted by Crippen LogP contribution is 2.41. The SMILES string of the molecule is Cc1cc(C(=O)NC2C3CNCC32)ccc1-c1cccc(CC(NC(=O)C2CCC(CN)CC2)C(=O)Nc2ccc(-c3nn[nH]n3)cc2)c1. The summed E-state index contributed by atoms with van der Waals surface area (Å²) in [4.78, 5) is 40.3. The number of carbonyl (C=O) groups excluding carboxylic acids is 3. The van der Waals surface area contributed by atoms with Gasteiger partial charge < -0.3 is 27.0 Å². The van der Waals surface area contributed by atoms with Crippen LogP contribution in [-0.2, 0) is 16.0 Å². The molecule has 0 radical (unpaired) electrons. The van der Waals surface area contributed by atoms with Gasteiger partial charge in [0.05, 0.1) is 0 Å². The molecule has 3 unspecified atom stereocenters. The third kappa shape index (κ3) is 7.40. The number of hydrogen-bond acceptors (Lipinski definition) is 8. The molecule has 12 heteroatoms. The molecule has 49 heavy (non-hydrogen) atoms. The number of H-pyrrole nitrogens is 1. The summed E-state index contributed by atoms with van der Waals surface area (Å²) in [5.41, 5.74) is 11.8. The predicted octanol–water partition coefficient (Wildman–Crippen LogP) is 3.22. The fourth-order valence-electron chi connectivity index (χ4n) is 7.47. The van der Waals surface area contributed by atoms with Crippen LogP contribution in [0.15, 0.2) is 66.7 Å². The Labute approximate surface area is 285 Å². The molecule has 1 aliphatic heterocycles. The summed E-state index contributed by atoms with van der Waals surface area (Å²) in [6.07, 6.45) is 3.67. The molecule has 1 aromatic heterocycles. The lowest BCUT2D eigenvalue weighted by molar-refractivity contribution is -0.130. The van der Waals surface area contributed by atoms with Crippen LogP contribution in [0.25, 0.3) is 22.5 Å². The quantitative estimate of drug-likeness (QED) is 0.142. The third-order valence-electron chi connectivity index (χ3n) is 10.5. The van der Waals surface area contributed by atoms with Crippen LogP contribution in [0.3, 0.4) is 0 Å². The van der Waals surface area contributed by atoms with Crippen LogP contribution in [-0.4, -0.2) is 70.1 Å². The number of aromatic nitrogens is 4. The highest BCUT2D eigenvalue weighted by atomic mass is 16.2. The molecule has 3 aromatic carbocycles. The monoisotopic (exact) mass is 661 g/mol. The number of nitrogens with two attached hydrogens (primary N) is 1. The zero-order chi connectivity index (χ0) is 33.9. The Morgan fingerprint density at radius 1 is 0.939 bits per heavy atom. The van der Waals surface area contributed by atoms with Gasteiger partial charge in [0, 0.05) is 48.3 Å². The molecule has 3 amide bonds. The summed E-state index contributed by atoms with van der Waals surface area (Å²) in [5.74, 6) is 1.43. The topological polar surface area (TPSA) is 180 Å². The molecule has 7 rings (SSSR count). The van der Waals surface area contributed by atoms with Gasteiger partial charge >= 0.3 is 0 Å². The minimum Gasteiger partial charge on any atom is -0.349 e. The van der Waals surface area contributed by atoms with Crippen molar-refractivity contribution in [2.75, 3.05) is 25.0 Å². The molecule has 2 aliphatic carbocycles. The molecular formula is C37H43N9O3. The zero-order valence-corrected chi connectivity index (χ0v) is 27.6. The van der Waals surface area contributed by atoms with E-state index < -0.39 is 6.04 Å². The Morgan fingerprint density at radius 3 is 2.41 bits per heavy atom. The summed E-state index contributed by atoms with van der Waals surface area (Å²) in [7, 11) is 0. The lowest BCUT2D eigenvalue weighted by Crippen LogP contribution is -2.48. The molecule has 0 bridgehead atoms. The Bertz CT molecular complexity index is 1790. The summed E-state index contributed by atoms with van der Waals surface area (Å²) in [6, 6.07) is 20.5. The maximum absolute atomic E-state index is 13.8. The first-order valence-corrected chi connectivity index (χ1v) is 17.2. The number of piperidine rings is 1. The Kier molecular flexibility index (Phi) is 9.49. The fraction of sp³-hybridized carbons (Fsp3) is 0.405. The van der Waals surface area contributed by atoms with Crippen molar-refractivity contribution < 1.29 is 14.4 Å². The van der Waals surface area contributed by atoms with Crippen molar-refractivity contribution in [3.8, 4) is 22.5 Å². The van der Waals surface area contributed by atoms with E-state index in [1.807, 2.05) is 43.3 Å². The molecule has 3 atom stereocenters. The molecule has 2 heterocycles. The number of nitrogens with one attached hydrogen (secondary N) is 5. The van der Waals surface area contributed by atoms with Gasteiger partial charge in [-0.2, -0.15) is 5.21 Å². The van der Waals surface area contributed by atoms with Crippen LogP contribution in [0, 0.1) is 30.6 Å². The maximum atomic E-state index is 13.8. The van der Waals surface area contributed by atoms with Crippen LogP contribution >= 0.6 is 0 Å². The molecule has 3 fully saturated rings. The number of hydrogen-bond donors (Lipinski definition) is 6. The van der Waals surface area contributed by atoms with E-state index in [0.717, 1.165) is 66.6 Å². The first kappa shape index (κ1) is 32.6. The molecule has 2 saturated carbocycles. The Hall–Kier alpha value is -4.94. The van der Waals surface area contributed by atoms with Gasteiger partial charge in [0.1, 0.15) is 6.04 Å². The van der Waals surface area contributed by atoms with Crippen molar-refractivity contribution >= 4 is 23.4 Å². The van der Waals surface area contributed by atoms with Crippen molar-refractivity contribution in [3.63, 3.8) is 0 Å². The van der Waals surface area contributed by atoms with E-state index in [-0.39, 0.29) is 29.7 Å². The number of fused-ring (bicyclic) bond motifs is 1. The molecule has 3 aliphatic rings. The minimum atomic E-state index is -0.795. The third-order valence-corrected chi connectivity index (χ3v) is 10.5. The average molecular weight is 662 g/mol. The highest BCUT2D eigenvalue weighted by Gasteiger charge is 2.53. The number of nitrogens with zero attached hydrogens (tertiary/aromatic N) is 3. The number of anilines is 1. The molecular weight excluding hydrogens is 618 g/mol. The van der Waals surface area contributed by atoms with Gasteiger partial charge in [0.25, 0.3) is 5.91 Å². The van der Waals surface area contributed by atoms with Crippen LogP contribution in [0.4, 0.5) is 5.69 Å². The molecule has 254 valence electrons. The summed E-state index contributed by atoms with van der Waals surface area (Å²) in [5, 5.41) is 26.7. The maximum Gasteiger partial charge on any atom is 0.251 e. The average Bonchev–Trinajstić information content (AvgIpc) is 3.51. The van der Waals surface area contributed by atoms with Crippen LogP contribution in [0.1, 0.15) is 47.2 Å². The second-order valence-corrected chi connectivity index (χ2v) is 13.7. The number of tetrazole rings is 1. The second-order valence-electron chi connectivity index (χ2n) is 13.7. The van der Waals surface area contributed by atoms with E-state index in [4.69, 9.17) is 5.73 Å². The van der Waals surface area contributed by atoms with E-state index in [1.54, 1.807) is 24.3 Å². The molecule has 7 N–H and O–H groups in total. The fourth-order valence-corrected chi connectivity index (χ4v) is 7.47. The van der Waals surface area contributed by atoms with Gasteiger partial charge in [-0.1, -0.05) is 30.3 Å². The minimum absolute atomic E-state index is 0.0339. The standard InChI is InChI=1S/C37H43N9O3/c1-21-15-27(36(48)42-33-30-19-39-20-31(30)33)11-14-29(21)26-4-2-3-23(16-26)17-32(41-35(47)25-7-5-22(18-38)6-8-25)37(49)40-28-12-9-24(10-13-28)34-43-45-46-44-34/h2-4,9-16,22,25,30-33,39H,5-8,17-20,38H2,1H3,(H,40,49)(H,41,47)(H,42,48)(H,43,44,45,46). The number of aryl methyl sites for hydroxylation is 1. The zero-order valence-electron chi connectivity index (χ0n) is 27.6.